The third kappa shape index (κ3) is 5.13. The highest BCUT2D eigenvalue weighted by atomic mass is 28.3. The summed E-state index contributed by atoms with van der Waals surface area (Å²) in [5.74, 6) is 2.15. The van der Waals surface area contributed by atoms with E-state index < -0.39 is 16.1 Å². The van der Waals surface area contributed by atoms with Crippen molar-refractivity contribution in [1.29, 1.82) is 0 Å². The van der Waals surface area contributed by atoms with Crippen molar-refractivity contribution in [2.45, 2.75) is 102 Å². The molecule has 21 heavy (non-hydrogen) atoms. The Hall–Kier alpha value is 0.239. The Morgan fingerprint density at radius 1 is 0.905 bits per heavy atom. The molecule has 2 aliphatic heterocycles. The van der Waals surface area contributed by atoms with Crippen LogP contribution < -0.4 is 0 Å². The Morgan fingerprint density at radius 3 is 1.76 bits per heavy atom. The van der Waals surface area contributed by atoms with E-state index in [9.17, 15) is 0 Å². The smallest absolute Gasteiger partial charge is 0.0966 e. The van der Waals surface area contributed by atoms with E-state index in [2.05, 4.69) is 45.4 Å². The number of allylic oxidation sites excluding steroid dienone is 2. The number of rotatable bonds is 5. The van der Waals surface area contributed by atoms with Gasteiger partial charge in [0.15, 0.2) is 0 Å². The molecule has 3 heteroatoms. The van der Waals surface area contributed by atoms with E-state index in [1.807, 2.05) is 5.20 Å². The van der Waals surface area contributed by atoms with Crippen molar-refractivity contribution < 1.29 is 0 Å². The van der Waals surface area contributed by atoms with Gasteiger partial charge in [0, 0.05) is 8.07 Å². The Morgan fingerprint density at radius 2 is 1.38 bits per heavy atom. The molecule has 0 aromatic heterocycles. The summed E-state index contributed by atoms with van der Waals surface area (Å²) >= 11 is 0. The zero-order valence-electron chi connectivity index (χ0n) is 15.5. The molecule has 0 unspecified atom stereocenters. The van der Waals surface area contributed by atoms with Gasteiger partial charge in [0.1, 0.15) is 6.71 Å². The first kappa shape index (κ1) is 17.6. The van der Waals surface area contributed by atoms with Gasteiger partial charge in [-0.25, -0.2) is 0 Å². The van der Waals surface area contributed by atoms with Gasteiger partial charge in [-0.15, -0.1) is 0 Å². The van der Waals surface area contributed by atoms with Crippen molar-refractivity contribution in [3.8, 4) is 0 Å². The average molecular weight is 320 g/mol. The standard InChI is InChI=1S/C18H37BSi2/c1-20(2,3)15-18(21(4,5)6)13-14-19-16-9-7-10-17(19)12-8-11-16/h13,16-17H,7-12,14-15H2,1-6H3/b18-13+. The molecule has 0 aromatic carbocycles. The molecule has 2 fully saturated rings. The quantitative estimate of drug-likeness (QED) is 0.492. The average Bonchev–Trinajstić information content (AvgIpc) is 2.31. The molecule has 0 aliphatic carbocycles. The molecule has 2 saturated heterocycles. The van der Waals surface area contributed by atoms with Crippen LogP contribution in [0.25, 0.3) is 0 Å². The fourth-order valence-electron chi connectivity index (χ4n) is 4.69. The topological polar surface area (TPSA) is 0 Å². The molecule has 2 heterocycles. The van der Waals surface area contributed by atoms with Crippen LogP contribution in [0.2, 0.25) is 63.3 Å². The molecule has 0 atom stereocenters. The summed E-state index contributed by atoms with van der Waals surface area (Å²) in [6.45, 7) is 16.3. The molecule has 0 saturated carbocycles. The predicted molar refractivity (Wildman–Crippen MR) is 105 cm³/mol. The van der Waals surface area contributed by atoms with Crippen LogP contribution in [0, 0.1) is 0 Å². The summed E-state index contributed by atoms with van der Waals surface area (Å²) in [6, 6.07) is 1.45. The van der Waals surface area contributed by atoms with Gasteiger partial charge < -0.3 is 0 Å². The van der Waals surface area contributed by atoms with E-state index in [1.165, 1.54) is 50.9 Å². The third-order valence-electron chi connectivity index (χ3n) is 5.83. The Bertz CT molecular complexity index is 354. The lowest BCUT2D eigenvalue weighted by atomic mass is 9.26. The summed E-state index contributed by atoms with van der Waals surface area (Å²) in [5, 5.41) is 1.89. The monoisotopic (exact) mass is 320 g/mol. The lowest BCUT2D eigenvalue weighted by Gasteiger charge is -2.40. The molecule has 120 valence electrons. The van der Waals surface area contributed by atoms with Crippen molar-refractivity contribution in [2.75, 3.05) is 0 Å². The minimum Gasteiger partial charge on any atom is -0.0966 e. The van der Waals surface area contributed by atoms with Crippen LogP contribution in [-0.4, -0.2) is 22.9 Å². The second kappa shape index (κ2) is 6.78. The maximum absolute atomic E-state index is 2.76. The Balaban J connectivity index is 2.08. The zero-order chi connectivity index (χ0) is 15.7. The highest BCUT2D eigenvalue weighted by Gasteiger charge is 2.38. The zero-order valence-corrected chi connectivity index (χ0v) is 17.5. The first-order chi connectivity index (χ1) is 9.67. The molecular weight excluding hydrogens is 283 g/mol. The lowest BCUT2D eigenvalue weighted by molar-refractivity contribution is 0.443. The Kier molecular flexibility index (Phi) is 5.68. The molecule has 2 bridgehead atoms. The SMILES string of the molecule is C[Si](C)(C)C/C(=C\CB1C2CCCC1CCC2)[Si](C)(C)C. The molecule has 0 nitrogen and oxygen atoms in total. The fraction of sp³-hybridized carbons (Fsp3) is 0.889. The van der Waals surface area contributed by atoms with Crippen LogP contribution in [0.5, 0.6) is 0 Å². The van der Waals surface area contributed by atoms with Crippen molar-refractivity contribution in [2.24, 2.45) is 0 Å². The number of hydrogen-bond donors (Lipinski definition) is 0. The van der Waals surface area contributed by atoms with Crippen molar-refractivity contribution in [3.63, 3.8) is 0 Å². The molecule has 0 N–H and O–H groups in total. The summed E-state index contributed by atoms with van der Waals surface area (Å²) in [6.07, 6.45) is 13.3. The Labute approximate surface area is 136 Å². The van der Waals surface area contributed by atoms with Crippen molar-refractivity contribution in [3.05, 3.63) is 11.3 Å². The summed E-state index contributed by atoms with van der Waals surface area (Å²) in [7, 11) is -2.10. The predicted octanol–water partition coefficient (Wildman–Crippen LogP) is 6.73. The molecule has 2 aliphatic rings. The second-order valence-electron chi connectivity index (χ2n) is 10.00. The lowest BCUT2D eigenvalue weighted by Crippen LogP contribution is -2.35. The van der Waals surface area contributed by atoms with Crippen molar-refractivity contribution in [1.82, 2.24) is 0 Å². The maximum atomic E-state index is 2.76. The summed E-state index contributed by atoms with van der Waals surface area (Å²) in [4.78, 5) is 0. The van der Waals surface area contributed by atoms with Crippen LogP contribution >= 0.6 is 0 Å². The number of fused-ring (bicyclic) bond motifs is 2. The van der Waals surface area contributed by atoms with Gasteiger partial charge in [-0.2, -0.15) is 0 Å². The highest BCUT2D eigenvalue weighted by Crippen LogP contribution is 2.48. The molecule has 2 rings (SSSR count). The molecule has 0 spiro atoms. The maximum Gasteiger partial charge on any atom is 0.150 e. The van der Waals surface area contributed by atoms with Crippen LogP contribution in [0.15, 0.2) is 11.3 Å². The van der Waals surface area contributed by atoms with Gasteiger partial charge in [0.2, 0.25) is 0 Å². The molecular formula is C18H37BSi2. The van der Waals surface area contributed by atoms with Crippen LogP contribution in [0.4, 0.5) is 0 Å². The van der Waals surface area contributed by atoms with Gasteiger partial charge in [-0.05, 0) is 6.04 Å². The fourth-order valence-corrected chi connectivity index (χ4v) is 10.4. The van der Waals surface area contributed by atoms with Gasteiger partial charge >= 0.3 is 0 Å². The van der Waals surface area contributed by atoms with E-state index in [4.69, 9.17) is 0 Å². The third-order valence-corrected chi connectivity index (χ3v) is 9.93. The van der Waals surface area contributed by atoms with Gasteiger partial charge in [0.25, 0.3) is 0 Å². The molecule has 0 aromatic rings. The van der Waals surface area contributed by atoms with E-state index in [0.717, 1.165) is 18.3 Å². The number of hydrogen-bond acceptors (Lipinski definition) is 0. The summed E-state index contributed by atoms with van der Waals surface area (Å²) < 4.78 is 0. The molecule has 0 amide bonds. The highest BCUT2D eigenvalue weighted by molar-refractivity contribution is 6.87. The van der Waals surface area contributed by atoms with Crippen LogP contribution in [-0.2, 0) is 0 Å². The van der Waals surface area contributed by atoms with Crippen LogP contribution in [0.1, 0.15) is 38.5 Å². The van der Waals surface area contributed by atoms with Gasteiger partial charge in [-0.3, -0.25) is 0 Å². The minimum absolute atomic E-state index is 0.979. The van der Waals surface area contributed by atoms with E-state index >= 15 is 0 Å². The first-order valence-electron chi connectivity index (χ1n) is 9.36. The second-order valence-corrected chi connectivity index (χ2v) is 20.6. The van der Waals surface area contributed by atoms with E-state index in [1.54, 1.807) is 0 Å². The first-order valence-corrected chi connectivity index (χ1v) is 16.6. The van der Waals surface area contributed by atoms with E-state index in [-0.39, 0.29) is 0 Å². The van der Waals surface area contributed by atoms with Crippen molar-refractivity contribution >= 4 is 22.9 Å². The van der Waals surface area contributed by atoms with Gasteiger partial charge in [-0.1, -0.05) is 107 Å². The molecule has 0 radical (unpaired) electrons. The van der Waals surface area contributed by atoms with Gasteiger partial charge in [0.05, 0.1) is 8.07 Å². The normalized spacial score (nSPS) is 27.9. The van der Waals surface area contributed by atoms with E-state index in [0.29, 0.717) is 0 Å². The minimum atomic E-state index is -1.12. The summed E-state index contributed by atoms with van der Waals surface area (Å²) in [5.41, 5.74) is 0. The largest absolute Gasteiger partial charge is 0.150 e. The van der Waals surface area contributed by atoms with Crippen LogP contribution in [0.3, 0.4) is 0 Å².